The molecule has 0 bridgehead atoms. The minimum Gasteiger partial charge on any atom is -0.264 e. The summed E-state index contributed by atoms with van der Waals surface area (Å²) in [6, 6.07) is 6.55. The van der Waals surface area contributed by atoms with Crippen molar-refractivity contribution >= 4 is 32.7 Å². The fraction of sp³-hybridized carbons (Fsp3) is 0.333. The molecule has 0 radical (unpaired) electrons. The van der Waals surface area contributed by atoms with Gasteiger partial charge in [-0.3, -0.25) is 4.18 Å². The summed E-state index contributed by atoms with van der Waals surface area (Å²) in [7, 11) is -3.58. The van der Waals surface area contributed by atoms with Gasteiger partial charge >= 0.3 is 0 Å². The summed E-state index contributed by atoms with van der Waals surface area (Å²) in [4.78, 5) is 0.201. The quantitative estimate of drug-likeness (QED) is 0.633. The first-order valence-corrected chi connectivity index (χ1v) is 6.59. The van der Waals surface area contributed by atoms with E-state index >= 15 is 0 Å². The third-order valence-corrected chi connectivity index (χ3v) is 3.63. The molecule has 1 rings (SSSR count). The lowest BCUT2D eigenvalue weighted by molar-refractivity contribution is 0.249. The van der Waals surface area contributed by atoms with E-state index in [9.17, 15) is 8.42 Å². The van der Waals surface area contributed by atoms with Gasteiger partial charge in [0.15, 0.2) is 0 Å². The van der Waals surface area contributed by atoms with Gasteiger partial charge in [-0.15, -0.1) is 0 Å². The average molecular weight is 326 g/mol. The van der Waals surface area contributed by atoms with E-state index in [2.05, 4.69) is 22.6 Å². The second-order valence-corrected chi connectivity index (χ2v) is 5.87. The van der Waals surface area contributed by atoms with Crippen LogP contribution >= 0.6 is 22.6 Å². The van der Waals surface area contributed by atoms with Gasteiger partial charge in [-0.05, 0) is 60.7 Å². The maximum Gasteiger partial charge on any atom is 0.297 e. The monoisotopic (exact) mass is 326 g/mol. The molecule has 0 saturated heterocycles. The summed E-state index contributed by atoms with van der Waals surface area (Å²) in [5.41, 5.74) is 0. The fourth-order valence-corrected chi connectivity index (χ4v) is 2.36. The number of hydrogen-bond donors (Lipinski definition) is 0. The lowest BCUT2D eigenvalue weighted by atomic mass is 10.4. The summed E-state index contributed by atoms with van der Waals surface area (Å²) in [5, 5.41) is 0. The largest absolute Gasteiger partial charge is 0.297 e. The minimum absolute atomic E-state index is 0.201. The molecule has 14 heavy (non-hydrogen) atoms. The maximum absolute atomic E-state index is 11.5. The SMILES string of the molecule is CC(C)OS(=O)(=O)c1ccc(I)cc1. The van der Waals surface area contributed by atoms with Gasteiger partial charge in [0.25, 0.3) is 10.1 Å². The molecule has 0 spiro atoms. The molecule has 1 aromatic carbocycles. The van der Waals surface area contributed by atoms with Crippen LogP contribution < -0.4 is 0 Å². The molecule has 0 aliphatic heterocycles. The van der Waals surface area contributed by atoms with Crippen molar-refractivity contribution in [1.29, 1.82) is 0 Å². The van der Waals surface area contributed by atoms with Crippen molar-refractivity contribution in [1.82, 2.24) is 0 Å². The van der Waals surface area contributed by atoms with E-state index in [4.69, 9.17) is 4.18 Å². The van der Waals surface area contributed by atoms with Gasteiger partial charge in [-0.2, -0.15) is 8.42 Å². The van der Waals surface area contributed by atoms with E-state index in [1.807, 2.05) is 0 Å². The predicted molar refractivity (Wildman–Crippen MR) is 62.6 cm³/mol. The number of benzene rings is 1. The topological polar surface area (TPSA) is 43.4 Å². The van der Waals surface area contributed by atoms with E-state index in [1.165, 1.54) is 0 Å². The van der Waals surface area contributed by atoms with Gasteiger partial charge in [0.2, 0.25) is 0 Å². The second kappa shape index (κ2) is 4.59. The Morgan fingerprint density at radius 2 is 1.71 bits per heavy atom. The molecule has 0 N–H and O–H groups in total. The lowest BCUT2D eigenvalue weighted by Gasteiger charge is -2.07. The normalized spacial score (nSPS) is 12.0. The summed E-state index contributed by atoms with van der Waals surface area (Å²) in [5.74, 6) is 0. The lowest BCUT2D eigenvalue weighted by Crippen LogP contribution is -2.12. The van der Waals surface area contributed by atoms with Crippen LogP contribution in [0.1, 0.15) is 13.8 Å². The van der Waals surface area contributed by atoms with Gasteiger partial charge in [0.05, 0.1) is 11.0 Å². The molecule has 0 heterocycles. The number of halogens is 1. The maximum atomic E-state index is 11.5. The van der Waals surface area contributed by atoms with Gasteiger partial charge in [-0.25, -0.2) is 0 Å². The Balaban J connectivity index is 2.99. The fourth-order valence-electron chi connectivity index (χ4n) is 0.910. The van der Waals surface area contributed by atoms with Crippen molar-refractivity contribution in [2.75, 3.05) is 0 Å². The standard InChI is InChI=1S/C9H11IO3S/c1-7(2)13-14(11,12)9-5-3-8(10)4-6-9/h3-7H,1-2H3. The molecule has 0 aromatic heterocycles. The number of hydrogen-bond acceptors (Lipinski definition) is 3. The van der Waals surface area contributed by atoms with Crippen molar-refractivity contribution in [2.45, 2.75) is 24.8 Å². The number of rotatable bonds is 3. The molecule has 5 heteroatoms. The molecule has 0 aliphatic carbocycles. The van der Waals surface area contributed by atoms with Crippen molar-refractivity contribution in [2.24, 2.45) is 0 Å². The highest BCUT2D eigenvalue weighted by atomic mass is 127. The molecular formula is C9H11IO3S. The highest BCUT2D eigenvalue weighted by Gasteiger charge is 2.16. The first-order chi connectivity index (χ1) is 6.42. The van der Waals surface area contributed by atoms with Crippen LogP contribution in [0, 0.1) is 3.57 Å². The van der Waals surface area contributed by atoms with Crippen LogP contribution in [-0.2, 0) is 14.3 Å². The Bertz CT molecular complexity index is 395. The highest BCUT2D eigenvalue weighted by Crippen LogP contribution is 2.15. The Morgan fingerprint density at radius 1 is 1.21 bits per heavy atom. The van der Waals surface area contributed by atoms with Crippen LogP contribution in [0.15, 0.2) is 29.2 Å². The molecule has 0 fully saturated rings. The molecule has 0 aliphatic rings. The highest BCUT2D eigenvalue weighted by molar-refractivity contribution is 14.1. The van der Waals surface area contributed by atoms with Crippen molar-refractivity contribution in [3.8, 4) is 0 Å². The van der Waals surface area contributed by atoms with Crippen LogP contribution in [0.3, 0.4) is 0 Å². The Hall–Kier alpha value is -0.140. The van der Waals surface area contributed by atoms with Gasteiger partial charge < -0.3 is 0 Å². The van der Waals surface area contributed by atoms with Crippen molar-refractivity contribution in [3.63, 3.8) is 0 Å². The zero-order chi connectivity index (χ0) is 10.8. The summed E-state index contributed by atoms with van der Waals surface area (Å²) >= 11 is 2.11. The van der Waals surface area contributed by atoms with Gasteiger partial charge in [0.1, 0.15) is 0 Å². The van der Waals surface area contributed by atoms with Gasteiger partial charge in [-0.1, -0.05) is 0 Å². The predicted octanol–water partition coefficient (Wildman–Crippen LogP) is 2.40. The van der Waals surface area contributed by atoms with E-state index in [-0.39, 0.29) is 11.0 Å². The van der Waals surface area contributed by atoms with Crippen LogP contribution in [0.25, 0.3) is 0 Å². The van der Waals surface area contributed by atoms with Crippen LogP contribution in [0.5, 0.6) is 0 Å². The van der Waals surface area contributed by atoms with E-state index in [0.29, 0.717) is 0 Å². The van der Waals surface area contributed by atoms with E-state index in [0.717, 1.165) is 3.57 Å². The molecule has 0 unspecified atom stereocenters. The van der Waals surface area contributed by atoms with E-state index in [1.54, 1.807) is 38.1 Å². The molecule has 0 atom stereocenters. The second-order valence-electron chi connectivity index (χ2n) is 3.05. The third-order valence-electron chi connectivity index (χ3n) is 1.42. The first-order valence-electron chi connectivity index (χ1n) is 4.10. The molecule has 0 saturated carbocycles. The van der Waals surface area contributed by atoms with Crippen LogP contribution in [-0.4, -0.2) is 14.5 Å². The minimum atomic E-state index is -3.58. The third kappa shape index (κ3) is 3.21. The Labute approximate surface area is 97.7 Å². The first kappa shape index (κ1) is 11.9. The van der Waals surface area contributed by atoms with E-state index < -0.39 is 10.1 Å². The van der Waals surface area contributed by atoms with Gasteiger partial charge in [0, 0.05) is 3.57 Å². The molecular weight excluding hydrogens is 315 g/mol. The van der Waals surface area contributed by atoms with Crippen molar-refractivity contribution < 1.29 is 12.6 Å². The van der Waals surface area contributed by atoms with Crippen molar-refractivity contribution in [3.05, 3.63) is 27.8 Å². The summed E-state index contributed by atoms with van der Waals surface area (Å²) in [6.45, 7) is 3.37. The summed E-state index contributed by atoms with van der Waals surface area (Å²) in [6.07, 6.45) is -0.334. The molecule has 0 amide bonds. The zero-order valence-electron chi connectivity index (χ0n) is 7.90. The molecule has 3 nitrogen and oxygen atoms in total. The van der Waals surface area contributed by atoms with Crippen LogP contribution in [0.2, 0.25) is 0 Å². The Morgan fingerprint density at radius 3 is 2.14 bits per heavy atom. The average Bonchev–Trinajstić information content (AvgIpc) is 2.02. The summed E-state index contributed by atoms with van der Waals surface area (Å²) < 4.78 is 28.9. The zero-order valence-corrected chi connectivity index (χ0v) is 10.9. The van der Waals surface area contributed by atoms with Crippen LogP contribution in [0.4, 0.5) is 0 Å². The molecule has 1 aromatic rings. The smallest absolute Gasteiger partial charge is 0.264 e. The molecule has 78 valence electrons. The Kier molecular flexibility index (Phi) is 3.91.